The van der Waals surface area contributed by atoms with E-state index >= 15 is 0 Å². The van der Waals surface area contributed by atoms with Crippen LogP contribution in [0, 0.1) is 47.4 Å². The third-order valence-corrected chi connectivity index (χ3v) is 15.0. The molecular weight excluding hydrogens is 857 g/mol. The summed E-state index contributed by atoms with van der Waals surface area (Å²) in [7, 11) is 0. The predicted octanol–water partition coefficient (Wildman–Crippen LogP) is 18.2. The Morgan fingerprint density at radius 2 is 0.647 bits per heavy atom. The Kier molecular flexibility index (Phi) is 20.1. The molecule has 68 heavy (non-hydrogen) atoms. The summed E-state index contributed by atoms with van der Waals surface area (Å²) in [5, 5.41) is 4.30. The molecule has 0 radical (unpaired) electrons. The fourth-order valence-electron chi connectivity index (χ4n) is 8.82. The lowest BCUT2D eigenvalue weighted by molar-refractivity contribution is 0.667. The van der Waals surface area contributed by atoms with Gasteiger partial charge in [0.2, 0.25) is 0 Å². The second kappa shape index (κ2) is 27.3. The number of fused-ring (bicyclic) bond motifs is 2. The summed E-state index contributed by atoms with van der Waals surface area (Å²) < 4.78 is 0. The lowest BCUT2D eigenvalue weighted by Gasteiger charge is -2.12. The van der Waals surface area contributed by atoms with Crippen LogP contribution in [0.5, 0.6) is 0 Å². The standard InChI is InChI=1S/C66H70S2/c1-5-9-13-17-21-51-25-29-53(30-26-51)35-45-61-63-47-37-56(34-40-60-44-42-58(68-60)24-20-16-12-8-4)50-66(63)62(46-36-54-31-27-52(28-32-54)22-18-14-10-6-2)64-48-38-55(49-65(61)64)33-39-59-43-41-57(67-59)23-19-15-11-7-3/h25-32,37-38,41-44,47-50H,5-24H2,1-4H3. The van der Waals surface area contributed by atoms with Crippen molar-refractivity contribution in [1.29, 1.82) is 0 Å². The number of unbranched alkanes of at least 4 members (excludes halogenated alkanes) is 12. The predicted molar refractivity (Wildman–Crippen MR) is 298 cm³/mol. The highest BCUT2D eigenvalue weighted by atomic mass is 32.1. The number of thiophene rings is 2. The first-order valence-electron chi connectivity index (χ1n) is 26.0. The third kappa shape index (κ3) is 15.1. The fraction of sp³-hybridized carbons (Fsp3) is 0.364. The normalized spacial score (nSPS) is 10.8. The first-order valence-corrected chi connectivity index (χ1v) is 27.6. The summed E-state index contributed by atoms with van der Waals surface area (Å²) in [5.41, 5.74) is 8.73. The van der Waals surface area contributed by atoms with Gasteiger partial charge in [0.15, 0.2) is 0 Å². The Morgan fingerprint density at radius 1 is 0.294 bits per heavy atom. The molecule has 0 aliphatic rings. The first-order chi connectivity index (χ1) is 33.5. The second-order valence-electron chi connectivity index (χ2n) is 18.4. The van der Waals surface area contributed by atoms with E-state index in [0.717, 1.165) is 90.4 Å². The number of rotatable bonds is 20. The molecule has 5 aromatic carbocycles. The lowest BCUT2D eigenvalue weighted by Crippen LogP contribution is -1.93. The van der Waals surface area contributed by atoms with Crippen molar-refractivity contribution in [3.8, 4) is 47.4 Å². The van der Waals surface area contributed by atoms with Crippen LogP contribution in [0.25, 0.3) is 21.5 Å². The Balaban J connectivity index is 1.31. The molecule has 0 saturated carbocycles. The lowest BCUT2D eigenvalue weighted by atomic mass is 9.90. The topological polar surface area (TPSA) is 0 Å². The summed E-state index contributed by atoms with van der Waals surface area (Å²) >= 11 is 3.66. The molecule has 0 unspecified atom stereocenters. The highest BCUT2D eigenvalue weighted by Gasteiger charge is 2.14. The van der Waals surface area contributed by atoms with Crippen LogP contribution in [0.2, 0.25) is 0 Å². The van der Waals surface area contributed by atoms with E-state index in [9.17, 15) is 0 Å². The SMILES string of the molecule is CCCCCCc1ccc(C#Cc2c3ccc(C#Cc4ccc(CCCCCC)s4)cc3c(C#Cc3ccc(CCCCCC)cc3)c3ccc(C#Cc4ccc(CCCCCC)s4)cc23)cc1. The van der Waals surface area contributed by atoms with E-state index < -0.39 is 0 Å². The van der Waals surface area contributed by atoms with Crippen molar-refractivity contribution in [2.75, 3.05) is 0 Å². The van der Waals surface area contributed by atoms with Crippen molar-refractivity contribution in [2.45, 2.75) is 156 Å². The first kappa shape index (κ1) is 50.1. The van der Waals surface area contributed by atoms with Crippen LogP contribution in [0.1, 0.15) is 194 Å². The smallest absolute Gasteiger partial charge is 0.0775 e. The van der Waals surface area contributed by atoms with Gasteiger partial charge in [0.05, 0.1) is 9.75 Å². The van der Waals surface area contributed by atoms with Gasteiger partial charge in [-0.05, 0) is 146 Å². The van der Waals surface area contributed by atoms with E-state index in [0.29, 0.717) is 0 Å². The zero-order valence-corrected chi connectivity index (χ0v) is 43.0. The van der Waals surface area contributed by atoms with Crippen LogP contribution in [-0.4, -0.2) is 0 Å². The van der Waals surface area contributed by atoms with Gasteiger partial charge in [0.1, 0.15) is 0 Å². The molecule has 0 N–H and O–H groups in total. The molecule has 0 aliphatic carbocycles. The van der Waals surface area contributed by atoms with Gasteiger partial charge in [0, 0.05) is 53.9 Å². The van der Waals surface area contributed by atoms with Crippen LogP contribution < -0.4 is 0 Å². The Hall–Kier alpha value is -5.74. The maximum atomic E-state index is 3.72. The number of hydrogen-bond acceptors (Lipinski definition) is 2. The maximum Gasteiger partial charge on any atom is 0.0775 e. The van der Waals surface area contributed by atoms with E-state index in [4.69, 9.17) is 0 Å². The summed E-state index contributed by atoms with van der Waals surface area (Å²) in [6, 6.07) is 39.9. The minimum absolute atomic E-state index is 0.974. The monoisotopic (exact) mass is 926 g/mol. The highest BCUT2D eigenvalue weighted by molar-refractivity contribution is 7.12. The number of benzene rings is 5. The van der Waals surface area contributed by atoms with Crippen molar-refractivity contribution >= 4 is 44.2 Å². The van der Waals surface area contributed by atoms with Gasteiger partial charge < -0.3 is 0 Å². The van der Waals surface area contributed by atoms with Crippen LogP contribution in [0.3, 0.4) is 0 Å². The molecule has 0 amide bonds. The average Bonchev–Trinajstić information content (AvgIpc) is 4.04. The van der Waals surface area contributed by atoms with Gasteiger partial charge in [-0.15, -0.1) is 22.7 Å². The molecule has 0 fully saturated rings. The largest absolute Gasteiger partial charge is 0.132 e. The van der Waals surface area contributed by atoms with E-state index in [1.165, 1.54) is 124 Å². The van der Waals surface area contributed by atoms with E-state index in [1.807, 2.05) is 22.7 Å². The second-order valence-corrected chi connectivity index (χ2v) is 20.8. The zero-order chi connectivity index (χ0) is 47.2. The summed E-state index contributed by atoms with van der Waals surface area (Å²) in [6.45, 7) is 9.08. The molecule has 7 rings (SSSR count). The molecule has 346 valence electrons. The molecule has 2 heterocycles. The molecule has 0 bridgehead atoms. The zero-order valence-electron chi connectivity index (χ0n) is 41.4. The molecule has 0 nitrogen and oxygen atoms in total. The van der Waals surface area contributed by atoms with Crippen LogP contribution >= 0.6 is 22.7 Å². The molecule has 0 spiro atoms. The van der Waals surface area contributed by atoms with Gasteiger partial charge in [-0.25, -0.2) is 0 Å². The molecule has 7 aromatic rings. The molecule has 0 saturated heterocycles. The summed E-state index contributed by atoms with van der Waals surface area (Å²) in [5.74, 6) is 28.7. The number of aryl methyl sites for hydroxylation is 4. The van der Waals surface area contributed by atoms with Crippen molar-refractivity contribution < 1.29 is 0 Å². The molecule has 2 heteroatoms. The van der Waals surface area contributed by atoms with Gasteiger partial charge in [0.25, 0.3) is 0 Å². The average molecular weight is 927 g/mol. The van der Waals surface area contributed by atoms with Crippen molar-refractivity contribution in [3.63, 3.8) is 0 Å². The van der Waals surface area contributed by atoms with Crippen LogP contribution in [-0.2, 0) is 25.7 Å². The van der Waals surface area contributed by atoms with Gasteiger partial charge in [-0.3, -0.25) is 0 Å². The Bertz CT molecular complexity index is 2750. The van der Waals surface area contributed by atoms with Gasteiger partial charge >= 0.3 is 0 Å². The Morgan fingerprint density at radius 3 is 1.03 bits per heavy atom. The third-order valence-electron chi connectivity index (χ3n) is 12.9. The fourth-order valence-corrected chi connectivity index (χ4v) is 10.6. The van der Waals surface area contributed by atoms with Crippen molar-refractivity contribution in [3.05, 3.63) is 173 Å². The Labute approximate surface area is 418 Å². The molecule has 0 aliphatic heterocycles. The van der Waals surface area contributed by atoms with E-state index in [-0.39, 0.29) is 0 Å². The highest BCUT2D eigenvalue weighted by Crippen LogP contribution is 2.34. The molecule has 2 aromatic heterocycles. The van der Waals surface area contributed by atoms with Crippen molar-refractivity contribution in [2.24, 2.45) is 0 Å². The molecule has 0 atom stereocenters. The minimum atomic E-state index is 0.974. The van der Waals surface area contributed by atoms with E-state index in [1.54, 1.807) is 0 Å². The van der Waals surface area contributed by atoms with Crippen molar-refractivity contribution in [1.82, 2.24) is 0 Å². The maximum absolute atomic E-state index is 3.72. The van der Waals surface area contributed by atoms with E-state index in [2.05, 4.69) is 184 Å². The summed E-state index contributed by atoms with van der Waals surface area (Å²) in [4.78, 5) is 5.07. The molecular formula is C66H70S2. The summed E-state index contributed by atoms with van der Waals surface area (Å²) in [6.07, 6.45) is 24.8. The minimum Gasteiger partial charge on any atom is -0.132 e. The van der Waals surface area contributed by atoms with Crippen LogP contribution in [0.15, 0.2) is 109 Å². The van der Waals surface area contributed by atoms with Gasteiger partial charge in [-0.2, -0.15) is 0 Å². The van der Waals surface area contributed by atoms with Crippen LogP contribution in [0.4, 0.5) is 0 Å². The quantitative estimate of drug-likeness (QED) is 0.0406. The number of hydrogen-bond donors (Lipinski definition) is 0. The van der Waals surface area contributed by atoms with Gasteiger partial charge in [-0.1, -0.05) is 189 Å².